The van der Waals surface area contributed by atoms with Gasteiger partial charge in [0.1, 0.15) is 11.8 Å². The smallest absolute Gasteiger partial charge is 0.174 e. The maximum absolute atomic E-state index is 5.70. The Balaban J connectivity index is 1.55. The van der Waals surface area contributed by atoms with Gasteiger partial charge >= 0.3 is 0 Å². The molecular formula is C21H23N5OS2. The van der Waals surface area contributed by atoms with Crippen LogP contribution >= 0.6 is 22.7 Å². The molecule has 5 rings (SSSR count). The van der Waals surface area contributed by atoms with Crippen molar-refractivity contribution in [3.05, 3.63) is 74.8 Å². The molecule has 0 amide bonds. The average molecular weight is 426 g/mol. The molecule has 1 fully saturated rings. The summed E-state index contributed by atoms with van der Waals surface area (Å²) in [5.41, 5.74) is 0. The van der Waals surface area contributed by atoms with Crippen molar-refractivity contribution in [3.8, 4) is 0 Å². The highest BCUT2D eigenvalue weighted by Gasteiger charge is 2.32. The van der Waals surface area contributed by atoms with Crippen molar-refractivity contribution >= 4 is 22.7 Å². The molecule has 4 heterocycles. The van der Waals surface area contributed by atoms with Crippen molar-refractivity contribution < 1.29 is 4.42 Å². The van der Waals surface area contributed by atoms with Crippen LogP contribution in [-0.4, -0.2) is 25.1 Å². The van der Waals surface area contributed by atoms with Gasteiger partial charge in [0, 0.05) is 16.3 Å². The number of tetrazole rings is 1. The Kier molecular flexibility index (Phi) is 5.56. The van der Waals surface area contributed by atoms with E-state index in [1.54, 1.807) is 28.9 Å². The molecule has 0 saturated heterocycles. The first kappa shape index (κ1) is 18.7. The van der Waals surface area contributed by atoms with Crippen molar-refractivity contribution in [2.75, 3.05) is 0 Å². The second kappa shape index (κ2) is 8.61. The molecule has 0 spiro atoms. The lowest BCUT2D eigenvalue weighted by Gasteiger charge is -2.30. The number of furan rings is 1. The molecule has 150 valence electrons. The Morgan fingerprint density at radius 3 is 2.66 bits per heavy atom. The predicted octanol–water partition coefficient (Wildman–Crippen LogP) is 5.30. The predicted molar refractivity (Wildman–Crippen MR) is 114 cm³/mol. The first-order chi connectivity index (χ1) is 14.4. The lowest BCUT2D eigenvalue weighted by Crippen LogP contribution is -2.31. The Hall–Kier alpha value is -2.29. The molecule has 1 saturated carbocycles. The second-order valence-electron chi connectivity index (χ2n) is 7.40. The molecule has 29 heavy (non-hydrogen) atoms. The molecule has 4 aromatic heterocycles. The summed E-state index contributed by atoms with van der Waals surface area (Å²) in [5.74, 6) is 1.88. The highest BCUT2D eigenvalue weighted by molar-refractivity contribution is 7.10. The van der Waals surface area contributed by atoms with E-state index in [0.717, 1.165) is 31.0 Å². The summed E-state index contributed by atoms with van der Waals surface area (Å²) in [7, 11) is 0. The lowest BCUT2D eigenvalue weighted by atomic mass is 10.1. The zero-order valence-corrected chi connectivity index (χ0v) is 17.7. The molecule has 0 aliphatic heterocycles. The molecule has 1 aliphatic rings. The van der Waals surface area contributed by atoms with E-state index in [-0.39, 0.29) is 6.04 Å². The summed E-state index contributed by atoms with van der Waals surface area (Å²) in [6, 6.07) is 12.9. The molecule has 0 bridgehead atoms. The summed E-state index contributed by atoms with van der Waals surface area (Å²) >= 11 is 3.53. The standard InChI is InChI=1S/C21H23N5OS2/c1-2-7-16(6-1)26-21(22-23-24-26)20(19-10-5-13-29-19)25(14-17-8-3-11-27-17)15-18-9-4-12-28-18/h3-5,8-13,16,20H,1-2,6-7,14-15H2/t20-/m0/s1. The molecule has 1 aliphatic carbocycles. The Labute approximate surface area is 177 Å². The van der Waals surface area contributed by atoms with E-state index in [0.29, 0.717) is 12.6 Å². The third-order valence-corrected chi connectivity index (χ3v) is 7.28. The summed E-state index contributed by atoms with van der Waals surface area (Å²) < 4.78 is 7.79. The first-order valence-corrected chi connectivity index (χ1v) is 11.7. The van der Waals surface area contributed by atoms with Crippen LogP contribution in [0.1, 0.15) is 59.1 Å². The molecule has 0 aromatic carbocycles. The van der Waals surface area contributed by atoms with Crippen LogP contribution in [0.5, 0.6) is 0 Å². The number of aromatic nitrogens is 4. The van der Waals surface area contributed by atoms with Crippen LogP contribution < -0.4 is 0 Å². The van der Waals surface area contributed by atoms with Gasteiger partial charge in [0.2, 0.25) is 0 Å². The van der Waals surface area contributed by atoms with Gasteiger partial charge in [-0.2, -0.15) is 0 Å². The van der Waals surface area contributed by atoms with E-state index < -0.39 is 0 Å². The zero-order chi connectivity index (χ0) is 19.5. The minimum absolute atomic E-state index is 0.0159. The Morgan fingerprint density at radius 1 is 1.07 bits per heavy atom. The fourth-order valence-corrected chi connectivity index (χ4v) is 5.73. The number of hydrogen-bond acceptors (Lipinski definition) is 7. The first-order valence-electron chi connectivity index (χ1n) is 9.98. The van der Waals surface area contributed by atoms with Crippen molar-refractivity contribution in [3.63, 3.8) is 0 Å². The van der Waals surface area contributed by atoms with E-state index in [1.807, 2.05) is 12.1 Å². The molecular weight excluding hydrogens is 402 g/mol. The average Bonchev–Trinajstić information content (AvgIpc) is 3.55. The maximum Gasteiger partial charge on any atom is 0.174 e. The van der Waals surface area contributed by atoms with Crippen molar-refractivity contribution in [2.24, 2.45) is 0 Å². The van der Waals surface area contributed by atoms with Crippen LogP contribution in [0.4, 0.5) is 0 Å². The van der Waals surface area contributed by atoms with Gasteiger partial charge in [-0.05, 0) is 58.3 Å². The van der Waals surface area contributed by atoms with Crippen LogP contribution in [0.3, 0.4) is 0 Å². The molecule has 0 unspecified atom stereocenters. The molecule has 4 aromatic rings. The molecule has 8 heteroatoms. The zero-order valence-electron chi connectivity index (χ0n) is 16.1. The van der Waals surface area contributed by atoms with E-state index >= 15 is 0 Å². The van der Waals surface area contributed by atoms with Gasteiger partial charge in [0.25, 0.3) is 0 Å². The van der Waals surface area contributed by atoms with Gasteiger partial charge in [-0.1, -0.05) is 25.0 Å². The van der Waals surface area contributed by atoms with Gasteiger partial charge in [0.05, 0.1) is 18.8 Å². The van der Waals surface area contributed by atoms with Crippen LogP contribution in [0, 0.1) is 0 Å². The third-order valence-electron chi connectivity index (χ3n) is 5.49. The van der Waals surface area contributed by atoms with Gasteiger partial charge < -0.3 is 4.42 Å². The fraction of sp³-hybridized carbons (Fsp3) is 0.381. The van der Waals surface area contributed by atoms with Gasteiger partial charge in [-0.3, -0.25) is 4.90 Å². The SMILES string of the molecule is c1coc(CN(Cc2cccs2)[C@@H](c2cccs2)c2nnnn2C2CCCC2)c1. The van der Waals surface area contributed by atoms with E-state index in [4.69, 9.17) is 4.42 Å². The van der Waals surface area contributed by atoms with E-state index in [2.05, 4.69) is 60.1 Å². The second-order valence-corrected chi connectivity index (χ2v) is 9.41. The number of hydrogen-bond donors (Lipinski definition) is 0. The molecule has 0 radical (unpaired) electrons. The van der Waals surface area contributed by atoms with Crippen LogP contribution in [0.15, 0.2) is 57.8 Å². The maximum atomic E-state index is 5.70. The van der Waals surface area contributed by atoms with Gasteiger partial charge in [0.15, 0.2) is 5.82 Å². The van der Waals surface area contributed by atoms with Crippen molar-refractivity contribution in [1.82, 2.24) is 25.1 Å². The Morgan fingerprint density at radius 2 is 1.93 bits per heavy atom. The summed E-state index contributed by atoms with van der Waals surface area (Å²) in [6.07, 6.45) is 6.54. The highest BCUT2D eigenvalue weighted by atomic mass is 32.1. The normalized spacial score (nSPS) is 16.0. The summed E-state index contributed by atoms with van der Waals surface area (Å²) in [5, 5.41) is 17.3. The number of rotatable bonds is 8. The van der Waals surface area contributed by atoms with Gasteiger partial charge in [-0.25, -0.2) is 4.68 Å². The van der Waals surface area contributed by atoms with Crippen LogP contribution in [0.2, 0.25) is 0 Å². The highest BCUT2D eigenvalue weighted by Crippen LogP contribution is 2.37. The Bertz CT molecular complexity index is 952. The van der Waals surface area contributed by atoms with Crippen molar-refractivity contribution in [1.29, 1.82) is 0 Å². The number of thiophene rings is 2. The van der Waals surface area contributed by atoms with Crippen LogP contribution in [-0.2, 0) is 13.1 Å². The molecule has 1 atom stereocenters. The minimum atomic E-state index is -0.0159. The number of nitrogens with zero attached hydrogens (tertiary/aromatic N) is 5. The van der Waals surface area contributed by atoms with Gasteiger partial charge in [-0.15, -0.1) is 27.8 Å². The minimum Gasteiger partial charge on any atom is -0.468 e. The quantitative estimate of drug-likeness (QED) is 0.384. The monoisotopic (exact) mass is 425 g/mol. The largest absolute Gasteiger partial charge is 0.468 e. The topological polar surface area (TPSA) is 60.0 Å². The molecule has 6 nitrogen and oxygen atoms in total. The third kappa shape index (κ3) is 4.05. The van der Waals surface area contributed by atoms with E-state index in [9.17, 15) is 0 Å². The lowest BCUT2D eigenvalue weighted by molar-refractivity contribution is 0.181. The van der Waals surface area contributed by atoms with Crippen molar-refractivity contribution in [2.45, 2.75) is 50.9 Å². The molecule has 0 N–H and O–H groups in total. The summed E-state index contributed by atoms with van der Waals surface area (Å²) in [6.45, 7) is 1.52. The van der Waals surface area contributed by atoms with Crippen LogP contribution in [0.25, 0.3) is 0 Å². The summed E-state index contributed by atoms with van der Waals surface area (Å²) in [4.78, 5) is 4.99. The fourth-order valence-electron chi connectivity index (χ4n) is 4.15. The van der Waals surface area contributed by atoms with E-state index in [1.165, 1.54) is 22.6 Å².